The van der Waals surface area contributed by atoms with E-state index in [2.05, 4.69) is 5.32 Å². The number of carbonyl (C=O) groups is 2. The highest BCUT2D eigenvalue weighted by Crippen LogP contribution is 2.34. The van der Waals surface area contributed by atoms with E-state index in [1.54, 1.807) is 24.5 Å². The van der Waals surface area contributed by atoms with Crippen molar-refractivity contribution in [3.63, 3.8) is 0 Å². The molecular formula is C30H25NO7. The van der Waals surface area contributed by atoms with Crippen LogP contribution < -0.4 is 10.9 Å². The van der Waals surface area contributed by atoms with E-state index in [9.17, 15) is 24.6 Å². The number of carbonyl (C=O) groups excluding carboxylic acids is 1. The van der Waals surface area contributed by atoms with Crippen LogP contribution in [0.2, 0.25) is 0 Å². The van der Waals surface area contributed by atoms with Gasteiger partial charge in [0.05, 0.1) is 6.26 Å². The Labute approximate surface area is 217 Å². The van der Waals surface area contributed by atoms with Crippen molar-refractivity contribution >= 4 is 33.8 Å². The Balaban J connectivity index is 1.37. The summed E-state index contributed by atoms with van der Waals surface area (Å²) in [6.45, 7) is 1.81. The highest BCUT2D eigenvalue weighted by Gasteiger charge is 2.22. The number of phenolic OH excluding ortho intramolecular Hbond substituents is 1. The van der Waals surface area contributed by atoms with Crippen LogP contribution in [0.5, 0.6) is 5.75 Å². The number of hydrogen-bond donors (Lipinski definition) is 3. The first-order valence-corrected chi connectivity index (χ1v) is 12.1. The van der Waals surface area contributed by atoms with E-state index >= 15 is 0 Å². The molecule has 0 saturated carbocycles. The van der Waals surface area contributed by atoms with E-state index in [1.807, 2.05) is 43.3 Å². The van der Waals surface area contributed by atoms with Gasteiger partial charge in [0.2, 0.25) is 5.91 Å². The minimum atomic E-state index is -1.17. The maximum absolute atomic E-state index is 12.8. The van der Waals surface area contributed by atoms with Crippen LogP contribution >= 0.6 is 0 Å². The summed E-state index contributed by atoms with van der Waals surface area (Å²) in [7, 11) is 0. The second-order valence-electron chi connectivity index (χ2n) is 9.18. The number of carboxylic acid groups (broad SMARTS) is 1. The number of amides is 1. The molecule has 0 saturated heterocycles. The minimum Gasteiger partial charge on any atom is -0.508 e. The van der Waals surface area contributed by atoms with Crippen LogP contribution in [0.1, 0.15) is 23.1 Å². The van der Waals surface area contributed by atoms with Crippen LogP contribution in [-0.4, -0.2) is 28.1 Å². The molecule has 2 heterocycles. The summed E-state index contributed by atoms with van der Waals surface area (Å²) >= 11 is 0. The number of phenols is 1. The summed E-state index contributed by atoms with van der Waals surface area (Å²) in [6, 6.07) is 18.4. The number of fused-ring (bicyclic) bond motifs is 2. The standard InChI is InChI=1S/C30H25NO7/c1-17-21(11-12-28(33)31-25(29(34)35)13-18-7-9-20(32)10-8-18)30(36)38-27-15-26-23(14-22(17)27)24(16-37-26)19-5-3-2-4-6-19/h2-10,14-16,25,32H,11-13H2,1H3,(H,31,33)(H,34,35). The van der Waals surface area contributed by atoms with Gasteiger partial charge in [0.15, 0.2) is 0 Å². The third-order valence-corrected chi connectivity index (χ3v) is 6.68. The molecular weight excluding hydrogens is 486 g/mol. The van der Waals surface area contributed by atoms with Gasteiger partial charge in [0.25, 0.3) is 0 Å². The number of nitrogens with one attached hydrogen (secondary N) is 1. The maximum Gasteiger partial charge on any atom is 0.339 e. The Morgan fingerprint density at radius 3 is 2.42 bits per heavy atom. The van der Waals surface area contributed by atoms with E-state index < -0.39 is 23.5 Å². The van der Waals surface area contributed by atoms with E-state index in [0.717, 1.165) is 21.9 Å². The molecule has 1 atom stereocenters. The fourth-order valence-electron chi connectivity index (χ4n) is 4.61. The second-order valence-corrected chi connectivity index (χ2v) is 9.18. The molecule has 0 spiro atoms. The summed E-state index contributed by atoms with van der Waals surface area (Å²) in [5.41, 5.74) is 4.08. The van der Waals surface area contributed by atoms with Crippen molar-refractivity contribution in [2.45, 2.75) is 32.2 Å². The number of furan rings is 1. The lowest BCUT2D eigenvalue weighted by Crippen LogP contribution is -2.42. The smallest absolute Gasteiger partial charge is 0.339 e. The Kier molecular flexibility index (Phi) is 6.70. The zero-order valence-electron chi connectivity index (χ0n) is 20.6. The van der Waals surface area contributed by atoms with Crippen LogP contribution in [0.15, 0.2) is 86.6 Å². The van der Waals surface area contributed by atoms with Gasteiger partial charge in [0.1, 0.15) is 23.0 Å². The predicted octanol–water partition coefficient (Wildman–Crippen LogP) is 4.96. The predicted molar refractivity (Wildman–Crippen MR) is 142 cm³/mol. The van der Waals surface area contributed by atoms with Crippen LogP contribution in [0.25, 0.3) is 33.1 Å². The molecule has 0 aliphatic carbocycles. The Morgan fingerprint density at radius 2 is 1.71 bits per heavy atom. The number of benzene rings is 3. The van der Waals surface area contributed by atoms with E-state index in [0.29, 0.717) is 27.9 Å². The van der Waals surface area contributed by atoms with Gasteiger partial charge in [-0.1, -0.05) is 42.5 Å². The van der Waals surface area contributed by atoms with Crippen molar-refractivity contribution < 1.29 is 28.6 Å². The van der Waals surface area contributed by atoms with Crippen LogP contribution in [-0.2, 0) is 22.4 Å². The molecule has 2 aromatic heterocycles. The molecule has 3 N–H and O–H groups in total. The zero-order chi connectivity index (χ0) is 26.8. The van der Waals surface area contributed by atoms with Crippen molar-refractivity contribution in [2.24, 2.45) is 0 Å². The van der Waals surface area contributed by atoms with Crippen molar-refractivity contribution in [2.75, 3.05) is 0 Å². The summed E-state index contributed by atoms with van der Waals surface area (Å²) in [4.78, 5) is 37.1. The Morgan fingerprint density at radius 1 is 0.974 bits per heavy atom. The zero-order valence-corrected chi connectivity index (χ0v) is 20.6. The summed E-state index contributed by atoms with van der Waals surface area (Å²) < 4.78 is 11.3. The van der Waals surface area contributed by atoms with Gasteiger partial charge in [-0.25, -0.2) is 9.59 Å². The molecule has 1 unspecified atom stereocenters. The first-order valence-electron chi connectivity index (χ1n) is 12.1. The Bertz CT molecular complexity index is 1700. The molecule has 5 aromatic rings. The van der Waals surface area contributed by atoms with Gasteiger partial charge >= 0.3 is 11.6 Å². The van der Waals surface area contributed by atoms with Gasteiger partial charge in [-0.3, -0.25) is 4.79 Å². The number of aliphatic carboxylic acids is 1. The summed E-state index contributed by atoms with van der Waals surface area (Å²) in [6.07, 6.45) is 1.74. The van der Waals surface area contributed by atoms with Crippen LogP contribution in [0, 0.1) is 6.92 Å². The minimum absolute atomic E-state index is 0.0585. The number of aryl methyl sites for hydroxylation is 1. The Hall–Kier alpha value is -4.85. The number of aromatic hydroxyl groups is 1. The molecule has 8 nitrogen and oxygen atoms in total. The molecule has 0 aliphatic heterocycles. The molecule has 8 heteroatoms. The fraction of sp³-hybridized carbons (Fsp3) is 0.167. The number of hydrogen-bond acceptors (Lipinski definition) is 6. The highest BCUT2D eigenvalue weighted by atomic mass is 16.4. The third kappa shape index (κ3) is 5.01. The highest BCUT2D eigenvalue weighted by molar-refractivity contribution is 6.02. The molecule has 38 heavy (non-hydrogen) atoms. The van der Waals surface area contributed by atoms with E-state index in [-0.39, 0.29) is 25.0 Å². The first-order chi connectivity index (χ1) is 18.3. The van der Waals surface area contributed by atoms with Crippen LogP contribution in [0.3, 0.4) is 0 Å². The van der Waals surface area contributed by atoms with Gasteiger partial charge < -0.3 is 24.4 Å². The molecule has 0 bridgehead atoms. The van der Waals surface area contributed by atoms with Gasteiger partial charge in [-0.2, -0.15) is 0 Å². The normalized spacial score (nSPS) is 12.0. The molecule has 5 rings (SSSR count). The quantitative estimate of drug-likeness (QED) is 0.251. The van der Waals surface area contributed by atoms with Gasteiger partial charge in [-0.05, 0) is 48.2 Å². The topological polar surface area (TPSA) is 130 Å². The third-order valence-electron chi connectivity index (χ3n) is 6.68. The van der Waals surface area contributed by atoms with Crippen molar-refractivity contribution in [1.29, 1.82) is 0 Å². The monoisotopic (exact) mass is 511 g/mol. The lowest BCUT2D eigenvalue weighted by molar-refractivity contribution is -0.141. The van der Waals surface area contributed by atoms with E-state index in [4.69, 9.17) is 8.83 Å². The number of carboxylic acids is 1. The lowest BCUT2D eigenvalue weighted by Gasteiger charge is -2.15. The number of rotatable bonds is 8. The van der Waals surface area contributed by atoms with Gasteiger partial charge in [-0.15, -0.1) is 0 Å². The van der Waals surface area contributed by atoms with E-state index in [1.165, 1.54) is 12.1 Å². The average Bonchev–Trinajstić information content (AvgIpc) is 3.31. The van der Waals surface area contributed by atoms with Crippen molar-refractivity contribution in [1.82, 2.24) is 5.32 Å². The second kappa shape index (κ2) is 10.3. The lowest BCUT2D eigenvalue weighted by atomic mass is 9.98. The molecule has 0 fully saturated rings. The molecule has 3 aromatic carbocycles. The largest absolute Gasteiger partial charge is 0.508 e. The van der Waals surface area contributed by atoms with Crippen molar-refractivity contribution in [3.8, 4) is 16.9 Å². The maximum atomic E-state index is 12.8. The fourth-order valence-corrected chi connectivity index (χ4v) is 4.61. The molecule has 0 radical (unpaired) electrons. The first kappa shape index (κ1) is 24.8. The summed E-state index contributed by atoms with van der Waals surface area (Å²) in [5.74, 6) is -1.60. The van der Waals surface area contributed by atoms with Crippen molar-refractivity contribution in [3.05, 3.63) is 100 Å². The van der Waals surface area contributed by atoms with Gasteiger partial charge in [0, 0.05) is 40.8 Å². The average molecular weight is 512 g/mol. The SMILES string of the molecule is Cc1c(CCC(=O)NC(Cc2ccc(O)cc2)C(=O)O)c(=O)oc2cc3occ(-c4ccccc4)c3cc12. The summed E-state index contributed by atoms with van der Waals surface area (Å²) in [5, 5.41) is 23.1. The molecule has 1 amide bonds. The molecule has 0 aliphatic rings. The molecule has 192 valence electrons. The van der Waals surface area contributed by atoms with Crippen LogP contribution in [0.4, 0.5) is 0 Å².